The zero-order valence-electron chi connectivity index (χ0n) is 19.8. The molecule has 0 aliphatic carbocycles. The van der Waals surface area contributed by atoms with E-state index in [-0.39, 0.29) is 23.6 Å². The summed E-state index contributed by atoms with van der Waals surface area (Å²) in [6.45, 7) is 3.25. The molecule has 2 aromatic carbocycles. The molecule has 182 valence electrons. The number of guanidine groups is 1. The van der Waals surface area contributed by atoms with Gasteiger partial charge < -0.3 is 21.3 Å². The van der Waals surface area contributed by atoms with E-state index in [0.29, 0.717) is 35.6 Å². The number of benzene rings is 2. The highest BCUT2D eigenvalue weighted by Crippen LogP contribution is 2.26. The van der Waals surface area contributed by atoms with Crippen LogP contribution in [-0.2, 0) is 24.2 Å². The largest absolute Gasteiger partial charge is 0.370 e. The number of nitrogens with zero attached hydrogens (tertiary/aromatic N) is 2. The lowest BCUT2D eigenvalue weighted by Crippen LogP contribution is -2.26. The molecule has 0 fully saturated rings. The van der Waals surface area contributed by atoms with Crippen LogP contribution in [-0.4, -0.2) is 40.5 Å². The number of hydrogen-bond donors (Lipinski definition) is 4. The van der Waals surface area contributed by atoms with Crippen molar-refractivity contribution in [2.24, 2.45) is 5.73 Å². The SMILES string of the molecule is CC(=O)Nc1nc(CCc2ccc(NC(=N)N)cc2)c(CN(C)C(=O)c2ccc(C(C)=O)cc2)s1. The predicted octanol–water partition coefficient (Wildman–Crippen LogP) is 3.67. The molecule has 0 unspecified atom stereocenters. The lowest BCUT2D eigenvalue weighted by Gasteiger charge is -2.17. The second-order valence-corrected chi connectivity index (χ2v) is 9.18. The summed E-state index contributed by atoms with van der Waals surface area (Å²) in [4.78, 5) is 43.1. The van der Waals surface area contributed by atoms with Gasteiger partial charge in [0.05, 0.1) is 12.2 Å². The maximum Gasteiger partial charge on any atom is 0.253 e. The van der Waals surface area contributed by atoms with E-state index in [1.165, 1.54) is 25.2 Å². The highest BCUT2D eigenvalue weighted by molar-refractivity contribution is 7.15. The second kappa shape index (κ2) is 11.4. The molecule has 2 amide bonds. The number of hydrogen-bond acceptors (Lipinski definition) is 6. The Balaban J connectivity index is 1.73. The van der Waals surface area contributed by atoms with E-state index in [1.54, 1.807) is 36.2 Å². The van der Waals surface area contributed by atoms with Crippen molar-refractivity contribution in [3.05, 3.63) is 75.8 Å². The molecule has 0 aliphatic rings. The molecule has 3 aromatic rings. The highest BCUT2D eigenvalue weighted by Gasteiger charge is 2.18. The Bertz CT molecular complexity index is 1240. The normalized spacial score (nSPS) is 10.5. The van der Waals surface area contributed by atoms with Gasteiger partial charge >= 0.3 is 0 Å². The minimum absolute atomic E-state index is 0.0538. The average Bonchev–Trinajstić information content (AvgIpc) is 3.17. The Morgan fingerprint density at radius 2 is 1.60 bits per heavy atom. The van der Waals surface area contributed by atoms with Crippen molar-refractivity contribution < 1.29 is 14.4 Å². The molecule has 1 aromatic heterocycles. The van der Waals surface area contributed by atoms with Gasteiger partial charge in [-0.1, -0.05) is 35.6 Å². The van der Waals surface area contributed by atoms with Gasteiger partial charge in [-0.05, 0) is 49.6 Å². The topological polar surface area (TPSA) is 141 Å². The first-order valence-electron chi connectivity index (χ1n) is 10.9. The fourth-order valence-corrected chi connectivity index (χ4v) is 4.54. The molecule has 10 heteroatoms. The minimum Gasteiger partial charge on any atom is -0.370 e. The van der Waals surface area contributed by atoms with E-state index in [1.807, 2.05) is 24.3 Å². The molecule has 35 heavy (non-hydrogen) atoms. The first-order chi connectivity index (χ1) is 16.6. The van der Waals surface area contributed by atoms with Crippen molar-refractivity contribution in [2.75, 3.05) is 17.7 Å². The summed E-state index contributed by atoms with van der Waals surface area (Å²) in [5, 5.41) is 13.3. The van der Waals surface area contributed by atoms with E-state index in [4.69, 9.17) is 11.1 Å². The van der Waals surface area contributed by atoms with Gasteiger partial charge in [0.1, 0.15) is 0 Å². The molecule has 0 saturated heterocycles. The van der Waals surface area contributed by atoms with Crippen molar-refractivity contribution in [2.45, 2.75) is 33.2 Å². The van der Waals surface area contributed by atoms with E-state index in [0.717, 1.165) is 21.8 Å². The van der Waals surface area contributed by atoms with Crippen LogP contribution < -0.4 is 16.4 Å². The summed E-state index contributed by atoms with van der Waals surface area (Å²) in [6.07, 6.45) is 1.33. The number of anilines is 2. The van der Waals surface area contributed by atoms with Crippen molar-refractivity contribution in [3.8, 4) is 0 Å². The number of carbonyl (C=O) groups is 3. The minimum atomic E-state index is -0.208. The van der Waals surface area contributed by atoms with Crippen LogP contribution in [0.25, 0.3) is 0 Å². The number of carbonyl (C=O) groups excluding carboxylic acids is 3. The van der Waals surface area contributed by atoms with Crippen LogP contribution in [0, 0.1) is 5.41 Å². The molecule has 3 rings (SSSR count). The summed E-state index contributed by atoms with van der Waals surface area (Å²) in [6, 6.07) is 14.2. The van der Waals surface area contributed by atoms with Crippen LogP contribution in [0.3, 0.4) is 0 Å². The standard InChI is InChI=1S/C25H28N6O3S/c1-15(32)18-7-9-19(10-8-18)23(34)31(3)14-22-21(30-25(35-22)28-16(2)33)13-6-17-4-11-20(12-5-17)29-24(26)27/h4-5,7-12H,6,13-14H2,1-3H3,(H4,26,27,29)(H,28,30,33). The molecule has 9 nitrogen and oxygen atoms in total. The molecule has 0 spiro atoms. The van der Waals surface area contributed by atoms with Crippen LogP contribution >= 0.6 is 11.3 Å². The number of thiazole rings is 1. The first kappa shape index (κ1) is 25.6. The quantitative estimate of drug-likeness (QED) is 0.204. The number of nitrogens with one attached hydrogen (secondary N) is 3. The van der Waals surface area contributed by atoms with Gasteiger partial charge in [-0.2, -0.15) is 0 Å². The maximum atomic E-state index is 12.9. The van der Waals surface area contributed by atoms with E-state index < -0.39 is 0 Å². The summed E-state index contributed by atoms with van der Waals surface area (Å²) in [5.41, 5.74) is 9.04. The van der Waals surface area contributed by atoms with Crippen LogP contribution in [0.15, 0.2) is 48.5 Å². The summed E-state index contributed by atoms with van der Waals surface area (Å²) < 4.78 is 0. The Hall–Kier alpha value is -4.05. The molecular formula is C25H28N6O3S. The Kier molecular flexibility index (Phi) is 8.32. The highest BCUT2D eigenvalue weighted by atomic mass is 32.1. The number of aryl methyl sites for hydroxylation is 2. The Morgan fingerprint density at radius 3 is 2.17 bits per heavy atom. The summed E-state index contributed by atoms with van der Waals surface area (Å²) >= 11 is 1.35. The van der Waals surface area contributed by atoms with Gasteiger partial charge in [0.2, 0.25) is 5.91 Å². The van der Waals surface area contributed by atoms with E-state index in [2.05, 4.69) is 15.6 Å². The average molecular weight is 493 g/mol. The van der Waals surface area contributed by atoms with Gasteiger partial charge in [-0.3, -0.25) is 19.8 Å². The van der Waals surface area contributed by atoms with Gasteiger partial charge in [-0.25, -0.2) is 4.98 Å². The fourth-order valence-electron chi connectivity index (χ4n) is 3.43. The van der Waals surface area contributed by atoms with E-state index >= 15 is 0 Å². The number of amides is 2. The molecular weight excluding hydrogens is 464 g/mol. The third-order valence-electron chi connectivity index (χ3n) is 5.21. The van der Waals surface area contributed by atoms with E-state index in [9.17, 15) is 14.4 Å². The molecule has 0 radical (unpaired) electrons. The van der Waals surface area contributed by atoms with Gasteiger partial charge in [-0.15, -0.1) is 0 Å². The number of Topliss-reactive ketones (excluding diaryl/α,β-unsaturated/α-hetero) is 1. The van der Waals surface area contributed by atoms with Crippen molar-refractivity contribution in [1.82, 2.24) is 9.88 Å². The van der Waals surface area contributed by atoms with Gasteiger partial charge in [0, 0.05) is 35.7 Å². The van der Waals surface area contributed by atoms with Gasteiger partial charge in [0.25, 0.3) is 5.91 Å². The van der Waals surface area contributed by atoms with Gasteiger partial charge in [0.15, 0.2) is 16.9 Å². The predicted molar refractivity (Wildman–Crippen MR) is 138 cm³/mol. The molecule has 0 atom stereocenters. The number of nitrogens with two attached hydrogens (primary N) is 1. The monoisotopic (exact) mass is 492 g/mol. The van der Waals surface area contributed by atoms with Crippen LogP contribution in [0.4, 0.5) is 10.8 Å². The smallest absolute Gasteiger partial charge is 0.253 e. The summed E-state index contributed by atoms with van der Waals surface area (Å²) in [5.74, 6) is -0.555. The Labute approximate surface area is 207 Å². The number of aromatic nitrogens is 1. The van der Waals surface area contributed by atoms with Crippen LogP contribution in [0.2, 0.25) is 0 Å². The zero-order valence-corrected chi connectivity index (χ0v) is 20.7. The third-order valence-corrected chi connectivity index (χ3v) is 6.21. The molecule has 0 bridgehead atoms. The van der Waals surface area contributed by atoms with Crippen molar-refractivity contribution in [1.29, 1.82) is 5.41 Å². The zero-order chi connectivity index (χ0) is 25.5. The molecule has 1 heterocycles. The first-order valence-corrected chi connectivity index (χ1v) is 11.8. The second-order valence-electron chi connectivity index (χ2n) is 8.10. The third kappa shape index (κ3) is 7.21. The summed E-state index contributed by atoms with van der Waals surface area (Å²) in [7, 11) is 1.71. The fraction of sp³-hybridized carbons (Fsp3) is 0.240. The lowest BCUT2D eigenvalue weighted by atomic mass is 10.1. The molecule has 5 N–H and O–H groups in total. The Morgan fingerprint density at radius 1 is 0.971 bits per heavy atom. The number of ketones is 1. The van der Waals surface area contributed by atoms with Crippen LogP contribution in [0.5, 0.6) is 0 Å². The maximum absolute atomic E-state index is 12.9. The molecule has 0 aliphatic heterocycles. The van der Waals surface area contributed by atoms with Crippen LogP contribution in [0.1, 0.15) is 50.7 Å². The van der Waals surface area contributed by atoms with Crippen molar-refractivity contribution in [3.63, 3.8) is 0 Å². The lowest BCUT2D eigenvalue weighted by molar-refractivity contribution is -0.114. The van der Waals surface area contributed by atoms with Crippen molar-refractivity contribution >= 4 is 45.7 Å². The molecule has 0 saturated carbocycles. The number of rotatable bonds is 9.